The molecule has 1 saturated heterocycles. The molecule has 0 radical (unpaired) electrons. The number of hydrogen-bond donors (Lipinski definition) is 0. The third kappa shape index (κ3) is 1.97. The Morgan fingerprint density at radius 1 is 1.14 bits per heavy atom. The fourth-order valence-corrected chi connectivity index (χ4v) is 1.85. The number of rotatable bonds is 1. The summed E-state index contributed by atoms with van der Waals surface area (Å²) in [5, 5.41) is 1.18. The van der Waals surface area contributed by atoms with Crippen LogP contribution in [0, 0.1) is 0 Å². The summed E-state index contributed by atoms with van der Waals surface area (Å²) in [6, 6.07) is 5.63. The van der Waals surface area contributed by atoms with Crippen LogP contribution in [-0.4, -0.2) is 26.4 Å². The van der Waals surface area contributed by atoms with Gasteiger partial charge in [-0.1, -0.05) is 29.3 Å². The Hall–Kier alpha value is -0.440. The van der Waals surface area contributed by atoms with Crippen LogP contribution in [0.5, 0.6) is 5.75 Å². The van der Waals surface area contributed by atoms with Crippen LogP contribution in [0.4, 0.5) is 0 Å². The van der Waals surface area contributed by atoms with Crippen LogP contribution in [0.1, 0.15) is 0 Å². The van der Waals surface area contributed by atoms with Gasteiger partial charge < -0.3 is 9.10 Å². The van der Waals surface area contributed by atoms with Crippen molar-refractivity contribution in [2.75, 3.05) is 26.4 Å². The quantitative estimate of drug-likeness (QED) is 0.679. The van der Waals surface area contributed by atoms with E-state index in [2.05, 4.69) is 4.37 Å². The minimum atomic E-state index is 0.586. The molecule has 1 aromatic carbocycles. The van der Waals surface area contributed by atoms with Crippen LogP contribution in [0.3, 0.4) is 0 Å². The fraction of sp³-hybridized carbons (Fsp3) is 0.400. The van der Waals surface area contributed by atoms with Crippen LogP contribution >= 0.6 is 23.2 Å². The molecule has 0 spiro atoms. The van der Waals surface area contributed by atoms with Crippen molar-refractivity contribution in [2.45, 2.75) is 0 Å². The summed E-state index contributed by atoms with van der Waals surface area (Å²) in [5.41, 5.74) is 0. The third-order valence-corrected chi connectivity index (χ3v) is 2.98. The topological polar surface area (TPSA) is 11.9 Å². The summed E-state index contributed by atoms with van der Waals surface area (Å²) < 4.78 is 8.29. The molecule has 2 nitrogen and oxygen atoms in total. The van der Waals surface area contributed by atoms with Gasteiger partial charge in [0.2, 0.25) is 0 Å². The molecule has 1 aliphatic rings. The second-order valence-corrected chi connectivity index (χ2v) is 3.85. The monoisotopic (exact) mass is 233 g/mol. The molecular formula is C10H11Cl2O2+. The zero-order valence-electron chi connectivity index (χ0n) is 7.63. The first-order chi connectivity index (χ1) is 6.79. The minimum absolute atomic E-state index is 0.586. The van der Waals surface area contributed by atoms with E-state index in [1.54, 1.807) is 6.07 Å². The predicted octanol–water partition coefficient (Wildman–Crippen LogP) is 3.29. The summed E-state index contributed by atoms with van der Waals surface area (Å²) in [6.45, 7) is 3.02. The Morgan fingerprint density at radius 2 is 1.86 bits per heavy atom. The first-order valence-electron chi connectivity index (χ1n) is 4.48. The molecule has 76 valence electrons. The van der Waals surface area contributed by atoms with Gasteiger partial charge in [0.25, 0.3) is 5.75 Å². The molecule has 0 aliphatic carbocycles. The van der Waals surface area contributed by atoms with Gasteiger partial charge in [0.15, 0.2) is 18.2 Å². The normalized spacial score (nSPS) is 17.1. The summed E-state index contributed by atoms with van der Waals surface area (Å²) in [4.78, 5) is 0. The van der Waals surface area contributed by atoms with Crippen molar-refractivity contribution < 1.29 is 9.10 Å². The van der Waals surface area contributed by atoms with Crippen molar-refractivity contribution in [1.82, 2.24) is 0 Å². The lowest BCUT2D eigenvalue weighted by Crippen LogP contribution is -2.25. The predicted molar refractivity (Wildman–Crippen MR) is 57.5 cm³/mol. The Kier molecular flexibility index (Phi) is 3.16. The average molecular weight is 234 g/mol. The second-order valence-electron chi connectivity index (χ2n) is 3.07. The number of halogens is 2. The highest BCUT2D eigenvalue weighted by molar-refractivity contribution is 6.42. The zero-order valence-corrected chi connectivity index (χ0v) is 9.14. The molecule has 4 heteroatoms. The molecule has 1 aliphatic heterocycles. The van der Waals surface area contributed by atoms with Gasteiger partial charge in [-0.05, 0) is 6.07 Å². The van der Waals surface area contributed by atoms with E-state index in [9.17, 15) is 0 Å². The maximum atomic E-state index is 6.09. The Balaban J connectivity index is 2.26. The average Bonchev–Trinajstić information content (AvgIpc) is 2.23. The van der Waals surface area contributed by atoms with Crippen molar-refractivity contribution >= 4 is 23.2 Å². The van der Waals surface area contributed by atoms with Crippen molar-refractivity contribution in [3.8, 4) is 5.75 Å². The Morgan fingerprint density at radius 3 is 2.57 bits per heavy atom. The standard InChI is InChI=1S/C10H11Cl2O2/c11-8-2-1-3-9(10(8)12)14-6-4-13-5-7-14/h1-3H,4-7H2/q+1. The third-order valence-electron chi connectivity index (χ3n) is 2.18. The highest BCUT2D eigenvalue weighted by Crippen LogP contribution is 2.38. The van der Waals surface area contributed by atoms with Crippen molar-refractivity contribution in [1.29, 1.82) is 0 Å². The zero-order chi connectivity index (χ0) is 9.97. The molecule has 0 atom stereocenters. The molecule has 2 rings (SSSR count). The highest BCUT2D eigenvalue weighted by atomic mass is 35.5. The molecule has 0 bridgehead atoms. The van der Waals surface area contributed by atoms with E-state index in [4.69, 9.17) is 27.9 Å². The molecule has 0 saturated carbocycles. The number of ether oxygens (including phenoxy) is 1. The molecule has 1 aromatic rings. The second kappa shape index (κ2) is 4.39. The van der Waals surface area contributed by atoms with Crippen LogP contribution in [0.25, 0.3) is 0 Å². The van der Waals surface area contributed by atoms with E-state index in [-0.39, 0.29) is 0 Å². The lowest BCUT2D eigenvalue weighted by molar-refractivity contribution is -0.142. The van der Waals surface area contributed by atoms with E-state index < -0.39 is 0 Å². The van der Waals surface area contributed by atoms with Crippen molar-refractivity contribution in [2.24, 2.45) is 0 Å². The van der Waals surface area contributed by atoms with Crippen molar-refractivity contribution in [3.63, 3.8) is 0 Å². The van der Waals surface area contributed by atoms with Gasteiger partial charge in [0.1, 0.15) is 13.2 Å². The van der Waals surface area contributed by atoms with Gasteiger partial charge >= 0.3 is 0 Å². The Bertz CT molecular complexity index is 322. The van der Waals surface area contributed by atoms with Gasteiger partial charge in [0, 0.05) is 6.07 Å². The van der Waals surface area contributed by atoms with E-state index in [0.717, 1.165) is 19.0 Å². The molecule has 0 N–H and O–H groups in total. The lowest BCUT2D eigenvalue weighted by atomic mass is 10.3. The van der Waals surface area contributed by atoms with Gasteiger partial charge in [0.05, 0.1) is 5.02 Å². The van der Waals surface area contributed by atoms with Gasteiger partial charge in [-0.2, -0.15) is 0 Å². The summed E-state index contributed by atoms with van der Waals surface area (Å²) >= 11 is 12.0. The molecule has 0 unspecified atom stereocenters. The van der Waals surface area contributed by atoms with Crippen molar-refractivity contribution in [3.05, 3.63) is 28.2 Å². The molecule has 0 amide bonds. The Labute approximate surface area is 93.0 Å². The first-order valence-corrected chi connectivity index (χ1v) is 5.24. The molecule has 14 heavy (non-hydrogen) atoms. The summed E-state index contributed by atoms with van der Waals surface area (Å²) in [7, 11) is 0. The number of benzene rings is 1. The summed E-state index contributed by atoms with van der Waals surface area (Å²) in [5.74, 6) is 0.919. The van der Waals surface area contributed by atoms with Crippen LogP contribution in [0.2, 0.25) is 10.0 Å². The van der Waals surface area contributed by atoms with Crippen LogP contribution in [0.15, 0.2) is 18.2 Å². The smallest absolute Gasteiger partial charge is 0.276 e. The van der Waals surface area contributed by atoms with E-state index in [1.807, 2.05) is 12.1 Å². The molecule has 1 fully saturated rings. The maximum Gasteiger partial charge on any atom is 0.276 e. The minimum Gasteiger partial charge on any atom is -0.568 e. The van der Waals surface area contributed by atoms with Gasteiger partial charge in [-0.3, -0.25) is 0 Å². The first kappa shape index (κ1) is 10.1. The van der Waals surface area contributed by atoms with Crippen LogP contribution in [-0.2, 0) is 9.10 Å². The van der Waals surface area contributed by atoms with E-state index >= 15 is 0 Å². The number of hydrogen-bond acceptors (Lipinski definition) is 1. The highest BCUT2D eigenvalue weighted by Gasteiger charge is 2.20. The van der Waals surface area contributed by atoms with E-state index in [1.165, 1.54) is 0 Å². The SMILES string of the molecule is Clc1cccc([O+]2CCOCC2)c1Cl. The largest absolute Gasteiger partial charge is 0.568 e. The van der Waals surface area contributed by atoms with Gasteiger partial charge in [-0.25, -0.2) is 0 Å². The lowest BCUT2D eigenvalue weighted by Gasteiger charge is -2.28. The fourth-order valence-electron chi connectivity index (χ4n) is 1.45. The molecule has 0 aromatic heterocycles. The maximum absolute atomic E-state index is 6.09. The van der Waals surface area contributed by atoms with Crippen LogP contribution < -0.4 is 0 Å². The molecular weight excluding hydrogens is 223 g/mol. The van der Waals surface area contributed by atoms with E-state index in [0.29, 0.717) is 23.3 Å². The summed E-state index contributed by atoms with van der Waals surface area (Å²) in [6.07, 6.45) is 0. The molecule has 1 heterocycles. The van der Waals surface area contributed by atoms with Gasteiger partial charge in [-0.15, -0.1) is 0 Å².